The van der Waals surface area contributed by atoms with Crippen LogP contribution < -0.4 is 5.32 Å². The second kappa shape index (κ2) is 5.33. The van der Waals surface area contributed by atoms with Gasteiger partial charge >= 0.3 is 12.1 Å². The highest BCUT2D eigenvalue weighted by Gasteiger charge is 2.37. The van der Waals surface area contributed by atoms with Crippen LogP contribution in [0.25, 0.3) is 0 Å². The third-order valence-corrected chi connectivity index (χ3v) is 2.74. The number of aliphatic carboxylic acids is 1. The van der Waals surface area contributed by atoms with E-state index in [1.54, 1.807) is 0 Å². The fourth-order valence-electron chi connectivity index (χ4n) is 1.54. The van der Waals surface area contributed by atoms with Crippen molar-refractivity contribution in [3.05, 3.63) is 35.4 Å². The van der Waals surface area contributed by atoms with Gasteiger partial charge in [-0.05, 0) is 24.6 Å². The summed E-state index contributed by atoms with van der Waals surface area (Å²) in [7, 11) is 0. The molecule has 0 aliphatic carbocycles. The van der Waals surface area contributed by atoms with Gasteiger partial charge in [-0.1, -0.05) is 18.1 Å². The van der Waals surface area contributed by atoms with Gasteiger partial charge in [0, 0.05) is 0 Å². The van der Waals surface area contributed by atoms with E-state index in [1.165, 1.54) is 13.0 Å². The van der Waals surface area contributed by atoms with Crippen LogP contribution in [0.15, 0.2) is 24.3 Å². The Kier molecular flexibility index (Phi) is 4.22. The molecule has 1 unspecified atom stereocenters. The van der Waals surface area contributed by atoms with E-state index in [9.17, 15) is 23.1 Å². The largest absolute Gasteiger partial charge is 0.480 e. The van der Waals surface area contributed by atoms with Crippen molar-refractivity contribution in [3.8, 4) is 12.3 Å². The maximum Gasteiger partial charge on any atom is 0.416 e. The van der Waals surface area contributed by atoms with Crippen molar-refractivity contribution in [3.63, 3.8) is 0 Å². The zero-order valence-electron chi connectivity index (χ0n) is 10.1. The van der Waals surface area contributed by atoms with Crippen molar-refractivity contribution in [2.24, 2.45) is 0 Å². The van der Waals surface area contributed by atoms with Crippen LogP contribution in [0.1, 0.15) is 18.1 Å². The minimum absolute atomic E-state index is 0.00919. The highest BCUT2D eigenvalue weighted by atomic mass is 19.4. The van der Waals surface area contributed by atoms with Gasteiger partial charge in [0.1, 0.15) is 5.54 Å². The molecule has 2 N–H and O–H groups in total. The average Bonchev–Trinajstić information content (AvgIpc) is 2.34. The Balaban J connectivity index is 3.25. The molecule has 1 rings (SSSR count). The van der Waals surface area contributed by atoms with E-state index in [0.717, 1.165) is 18.2 Å². The summed E-state index contributed by atoms with van der Waals surface area (Å²) in [5, 5.41) is 11.7. The third kappa shape index (κ3) is 3.26. The fourth-order valence-corrected chi connectivity index (χ4v) is 1.54. The Morgan fingerprint density at radius 3 is 2.47 bits per heavy atom. The number of benzene rings is 1. The molecular formula is C13H12F3NO2. The van der Waals surface area contributed by atoms with E-state index in [1.807, 2.05) is 0 Å². The summed E-state index contributed by atoms with van der Waals surface area (Å²) in [6.07, 6.45) is 0.501. The van der Waals surface area contributed by atoms with Gasteiger partial charge in [-0.15, -0.1) is 6.42 Å². The normalized spacial score (nSPS) is 14.5. The van der Waals surface area contributed by atoms with Crippen LogP contribution in [-0.4, -0.2) is 17.6 Å². The molecule has 3 nitrogen and oxygen atoms in total. The molecule has 0 saturated heterocycles. The summed E-state index contributed by atoms with van der Waals surface area (Å²) >= 11 is 0. The number of carboxylic acids is 1. The van der Waals surface area contributed by atoms with Crippen LogP contribution in [0.5, 0.6) is 0 Å². The maximum absolute atomic E-state index is 12.6. The molecule has 6 heteroatoms. The van der Waals surface area contributed by atoms with Crippen molar-refractivity contribution < 1.29 is 23.1 Å². The molecule has 0 saturated carbocycles. The lowest BCUT2D eigenvalue weighted by molar-refractivity contribution is -0.145. The van der Waals surface area contributed by atoms with Gasteiger partial charge in [0.15, 0.2) is 0 Å². The van der Waals surface area contributed by atoms with Gasteiger partial charge in [-0.3, -0.25) is 5.32 Å². The molecular weight excluding hydrogens is 259 g/mol. The predicted molar refractivity (Wildman–Crippen MR) is 63.3 cm³/mol. The minimum atomic E-state index is -4.53. The number of terminal acetylenes is 1. The van der Waals surface area contributed by atoms with Gasteiger partial charge in [-0.25, -0.2) is 4.79 Å². The van der Waals surface area contributed by atoms with Crippen LogP contribution >= 0.6 is 0 Å². The van der Waals surface area contributed by atoms with Gasteiger partial charge in [0.05, 0.1) is 12.1 Å². The number of nitrogens with one attached hydrogen (secondary N) is 1. The predicted octanol–water partition coefficient (Wildman–Crippen LogP) is 2.23. The zero-order chi connectivity index (χ0) is 14.7. The first kappa shape index (κ1) is 15.1. The molecule has 0 aliphatic rings. The van der Waals surface area contributed by atoms with Crippen LogP contribution in [-0.2, 0) is 16.5 Å². The first-order chi connectivity index (χ1) is 8.71. The lowest BCUT2D eigenvalue weighted by Gasteiger charge is -2.26. The van der Waals surface area contributed by atoms with Crippen LogP contribution in [0.2, 0.25) is 0 Å². The number of hydrogen-bond acceptors (Lipinski definition) is 2. The number of carboxylic acid groups (broad SMARTS) is 1. The summed E-state index contributed by atoms with van der Waals surface area (Å²) in [5.74, 6) is 0.893. The van der Waals surface area contributed by atoms with E-state index in [-0.39, 0.29) is 12.1 Å². The van der Waals surface area contributed by atoms with Crippen molar-refractivity contribution in [2.75, 3.05) is 6.54 Å². The lowest BCUT2D eigenvalue weighted by atomic mass is 9.90. The zero-order valence-corrected chi connectivity index (χ0v) is 10.1. The molecule has 0 aromatic heterocycles. The molecule has 1 aromatic rings. The van der Waals surface area contributed by atoms with E-state index in [0.29, 0.717) is 0 Å². The standard InChI is InChI=1S/C13H12F3NO2/c1-3-7-17-12(2,11(18)19)9-5-4-6-10(8-9)13(14,15)16/h1,4-6,8,17H,7H2,2H3,(H,18,19). The fraction of sp³-hybridized carbons (Fsp3) is 0.308. The van der Waals surface area contributed by atoms with E-state index < -0.39 is 23.2 Å². The van der Waals surface area contributed by atoms with Gasteiger partial charge in [0.25, 0.3) is 0 Å². The first-order valence-electron chi connectivity index (χ1n) is 5.31. The smallest absolute Gasteiger partial charge is 0.416 e. The molecule has 0 amide bonds. The minimum Gasteiger partial charge on any atom is -0.480 e. The highest BCUT2D eigenvalue weighted by molar-refractivity contribution is 5.80. The number of rotatable bonds is 4. The third-order valence-electron chi connectivity index (χ3n) is 2.74. The van der Waals surface area contributed by atoms with Crippen molar-refractivity contribution in [1.82, 2.24) is 5.32 Å². The number of hydrogen-bond donors (Lipinski definition) is 2. The van der Waals surface area contributed by atoms with Gasteiger partial charge in [-0.2, -0.15) is 13.2 Å². The second-order valence-electron chi connectivity index (χ2n) is 4.07. The quantitative estimate of drug-likeness (QED) is 0.826. The Hall–Kier alpha value is -2.00. The summed E-state index contributed by atoms with van der Waals surface area (Å²) in [6, 6.07) is 4.16. The SMILES string of the molecule is C#CCNC(C)(C(=O)O)c1cccc(C(F)(F)F)c1. The van der Waals surface area contributed by atoms with Crippen LogP contribution in [0.4, 0.5) is 13.2 Å². The molecule has 0 spiro atoms. The maximum atomic E-state index is 12.6. The van der Waals surface area contributed by atoms with Crippen molar-refractivity contribution >= 4 is 5.97 Å². The molecule has 0 radical (unpaired) electrons. The Labute approximate surface area is 108 Å². The van der Waals surface area contributed by atoms with E-state index >= 15 is 0 Å². The van der Waals surface area contributed by atoms with Crippen molar-refractivity contribution in [2.45, 2.75) is 18.6 Å². The molecule has 1 atom stereocenters. The van der Waals surface area contributed by atoms with Gasteiger partial charge in [0.2, 0.25) is 0 Å². The Bertz CT molecular complexity index is 519. The summed E-state index contributed by atoms with van der Waals surface area (Å²) in [5.41, 5.74) is -2.58. The second-order valence-corrected chi connectivity index (χ2v) is 4.07. The van der Waals surface area contributed by atoms with Gasteiger partial charge < -0.3 is 5.11 Å². The first-order valence-corrected chi connectivity index (χ1v) is 5.31. The molecule has 0 heterocycles. The molecule has 19 heavy (non-hydrogen) atoms. The number of carbonyl (C=O) groups is 1. The van der Waals surface area contributed by atoms with E-state index in [4.69, 9.17) is 6.42 Å². The molecule has 0 bridgehead atoms. The summed E-state index contributed by atoms with van der Waals surface area (Å²) in [4.78, 5) is 11.3. The molecule has 0 fully saturated rings. The average molecular weight is 271 g/mol. The van der Waals surface area contributed by atoms with Crippen LogP contribution in [0, 0.1) is 12.3 Å². The molecule has 0 aliphatic heterocycles. The summed E-state index contributed by atoms with van der Waals surface area (Å²) in [6.45, 7) is 1.20. The Morgan fingerprint density at radius 1 is 1.42 bits per heavy atom. The Morgan fingerprint density at radius 2 is 2.00 bits per heavy atom. The topological polar surface area (TPSA) is 49.3 Å². The molecule has 102 valence electrons. The number of halogens is 3. The van der Waals surface area contributed by atoms with Crippen molar-refractivity contribution in [1.29, 1.82) is 0 Å². The highest BCUT2D eigenvalue weighted by Crippen LogP contribution is 2.32. The van der Waals surface area contributed by atoms with Crippen LogP contribution in [0.3, 0.4) is 0 Å². The number of alkyl halides is 3. The molecule has 1 aromatic carbocycles. The lowest BCUT2D eigenvalue weighted by Crippen LogP contribution is -2.46. The van der Waals surface area contributed by atoms with E-state index in [2.05, 4.69) is 11.2 Å². The summed E-state index contributed by atoms with van der Waals surface area (Å²) < 4.78 is 37.8. The monoisotopic (exact) mass is 271 g/mol.